The van der Waals surface area contributed by atoms with Gasteiger partial charge in [0.15, 0.2) is 0 Å². The van der Waals surface area contributed by atoms with Gasteiger partial charge in [0.05, 0.1) is 22.4 Å². The van der Waals surface area contributed by atoms with E-state index in [4.69, 9.17) is 18.8 Å². The van der Waals surface area contributed by atoms with Gasteiger partial charge in [-0.1, -0.05) is 115 Å². The fourth-order valence-corrected chi connectivity index (χ4v) is 7.67. The fourth-order valence-electron chi connectivity index (χ4n) is 7.67. The van der Waals surface area contributed by atoms with Crippen molar-refractivity contribution in [3.05, 3.63) is 170 Å². The van der Waals surface area contributed by atoms with Crippen molar-refractivity contribution < 1.29 is 8.83 Å². The molecule has 11 rings (SSSR count). The van der Waals surface area contributed by atoms with Crippen LogP contribution in [0.1, 0.15) is 0 Å². The van der Waals surface area contributed by atoms with E-state index >= 15 is 0 Å². The number of hydrogen-bond donors (Lipinski definition) is 0. The largest absolute Gasteiger partial charge is 0.456 e. The molecule has 0 unspecified atom stereocenters. The van der Waals surface area contributed by atoms with E-state index in [2.05, 4.69) is 127 Å². The van der Waals surface area contributed by atoms with Crippen LogP contribution in [0.5, 0.6) is 0 Å². The minimum absolute atomic E-state index is 0.860. The van der Waals surface area contributed by atoms with Gasteiger partial charge < -0.3 is 8.83 Å². The van der Waals surface area contributed by atoms with Crippen LogP contribution in [0.3, 0.4) is 0 Å². The molecule has 0 spiro atoms. The second-order valence-electron chi connectivity index (χ2n) is 13.3. The highest BCUT2D eigenvalue weighted by Crippen LogP contribution is 2.40. The summed E-state index contributed by atoms with van der Waals surface area (Å²) in [6, 6.07) is 59.1. The van der Waals surface area contributed by atoms with Gasteiger partial charge in [0.1, 0.15) is 22.3 Å². The molecular weight excluding hydrogens is 637 g/mol. The Kier molecular flexibility index (Phi) is 6.22. The van der Waals surface area contributed by atoms with Crippen LogP contribution in [-0.4, -0.2) is 9.97 Å². The van der Waals surface area contributed by atoms with Crippen molar-refractivity contribution in [2.45, 2.75) is 0 Å². The third-order valence-corrected chi connectivity index (χ3v) is 10.3. The van der Waals surface area contributed by atoms with Crippen LogP contribution in [0.4, 0.5) is 0 Å². The van der Waals surface area contributed by atoms with E-state index in [-0.39, 0.29) is 0 Å². The lowest BCUT2D eigenvalue weighted by Gasteiger charge is -2.14. The Morgan fingerprint density at radius 3 is 1.50 bits per heavy atom. The number of rotatable bonds is 4. The normalized spacial score (nSPS) is 11.8. The third-order valence-electron chi connectivity index (χ3n) is 10.3. The molecule has 0 atom stereocenters. The van der Waals surface area contributed by atoms with Crippen LogP contribution in [0, 0.1) is 0 Å². The molecule has 0 saturated heterocycles. The molecule has 0 amide bonds. The predicted molar refractivity (Wildman–Crippen MR) is 213 cm³/mol. The molecule has 4 nitrogen and oxygen atoms in total. The zero-order valence-corrected chi connectivity index (χ0v) is 27.9. The lowest BCUT2D eigenvalue weighted by Crippen LogP contribution is -1.93. The smallest absolute Gasteiger partial charge is 0.136 e. The highest BCUT2D eigenvalue weighted by Gasteiger charge is 2.17. The second kappa shape index (κ2) is 11.2. The van der Waals surface area contributed by atoms with Crippen LogP contribution >= 0.6 is 0 Å². The van der Waals surface area contributed by atoms with Crippen LogP contribution in [-0.2, 0) is 0 Å². The van der Waals surface area contributed by atoms with Crippen LogP contribution < -0.4 is 0 Å². The van der Waals surface area contributed by atoms with E-state index in [0.717, 1.165) is 110 Å². The highest BCUT2D eigenvalue weighted by molar-refractivity contribution is 6.08. The first-order valence-corrected chi connectivity index (χ1v) is 17.5. The Labute approximate surface area is 298 Å². The quantitative estimate of drug-likeness (QED) is 0.176. The Morgan fingerprint density at radius 2 is 0.808 bits per heavy atom. The first-order valence-electron chi connectivity index (χ1n) is 17.5. The Balaban J connectivity index is 1.13. The van der Waals surface area contributed by atoms with Gasteiger partial charge in [-0.25, -0.2) is 9.97 Å². The van der Waals surface area contributed by atoms with Gasteiger partial charge in [-0.3, -0.25) is 0 Å². The molecule has 0 radical (unpaired) electrons. The van der Waals surface area contributed by atoms with E-state index in [0.29, 0.717) is 0 Å². The summed E-state index contributed by atoms with van der Waals surface area (Å²) < 4.78 is 12.6. The van der Waals surface area contributed by atoms with E-state index in [1.807, 2.05) is 42.5 Å². The number of benzene rings is 7. The van der Waals surface area contributed by atoms with E-state index in [9.17, 15) is 0 Å². The topological polar surface area (TPSA) is 52.1 Å². The average molecular weight is 665 g/mol. The molecule has 0 aliphatic rings. The molecule has 4 heteroatoms. The highest BCUT2D eigenvalue weighted by atomic mass is 16.3. The van der Waals surface area contributed by atoms with Gasteiger partial charge in [-0.15, -0.1) is 0 Å². The van der Waals surface area contributed by atoms with Gasteiger partial charge in [-0.2, -0.15) is 0 Å². The van der Waals surface area contributed by atoms with Gasteiger partial charge in [0.2, 0.25) is 0 Å². The SMILES string of the molecule is c1ccc(-c2ccc3ccc4ccc(-c5cc(-c6ccc7c(c6)oc6ccccc67)ccc5-c5ccc6c(c5)oc5ccccc56)nc4c3n2)cc1. The van der Waals surface area contributed by atoms with Crippen molar-refractivity contribution in [1.29, 1.82) is 0 Å². The summed E-state index contributed by atoms with van der Waals surface area (Å²) in [6.45, 7) is 0. The van der Waals surface area contributed by atoms with Crippen molar-refractivity contribution in [3.63, 3.8) is 0 Å². The number of furan rings is 2. The van der Waals surface area contributed by atoms with Crippen LogP contribution in [0.2, 0.25) is 0 Å². The Hall–Kier alpha value is -7.04. The van der Waals surface area contributed by atoms with Crippen molar-refractivity contribution in [2.75, 3.05) is 0 Å². The molecule has 242 valence electrons. The summed E-state index contributed by atoms with van der Waals surface area (Å²) in [5.74, 6) is 0. The summed E-state index contributed by atoms with van der Waals surface area (Å²) >= 11 is 0. The Bertz CT molecular complexity index is 3190. The molecule has 4 heterocycles. The minimum atomic E-state index is 0.860. The third kappa shape index (κ3) is 4.55. The second-order valence-corrected chi connectivity index (χ2v) is 13.3. The lowest BCUT2D eigenvalue weighted by atomic mass is 9.92. The molecular formula is C48H28N2O2. The number of aromatic nitrogens is 2. The monoisotopic (exact) mass is 664 g/mol. The maximum absolute atomic E-state index is 6.34. The van der Waals surface area contributed by atoms with E-state index in [1.165, 1.54) is 0 Å². The zero-order valence-electron chi connectivity index (χ0n) is 27.9. The van der Waals surface area contributed by atoms with Crippen molar-refractivity contribution >= 4 is 65.7 Å². The Morgan fingerprint density at radius 1 is 0.308 bits per heavy atom. The number of nitrogens with zero attached hydrogens (tertiary/aromatic N) is 2. The summed E-state index contributed by atoms with van der Waals surface area (Å²) in [5.41, 5.74) is 13.5. The average Bonchev–Trinajstić information content (AvgIpc) is 3.78. The molecule has 4 aromatic heterocycles. The summed E-state index contributed by atoms with van der Waals surface area (Å²) in [6.07, 6.45) is 0. The first-order chi connectivity index (χ1) is 25.7. The number of para-hydroxylation sites is 2. The summed E-state index contributed by atoms with van der Waals surface area (Å²) in [5, 5.41) is 6.56. The molecule has 0 saturated carbocycles. The summed E-state index contributed by atoms with van der Waals surface area (Å²) in [7, 11) is 0. The number of hydrogen-bond acceptors (Lipinski definition) is 4. The maximum atomic E-state index is 6.34. The van der Waals surface area contributed by atoms with Crippen LogP contribution in [0.15, 0.2) is 179 Å². The summed E-state index contributed by atoms with van der Waals surface area (Å²) in [4.78, 5) is 10.6. The maximum Gasteiger partial charge on any atom is 0.136 e. The first kappa shape index (κ1) is 28.8. The molecule has 0 fully saturated rings. The molecule has 11 aromatic rings. The zero-order chi connectivity index (χ0) is 34.2. The molecule has 0 bridgehead atoms. The minimum Gasteiger partial charge on any atom is -0.456 e. The van der Waals surface area contributed by atoms with E-state index in [1.54, 1.807) is 0 Å². The molecule has 7 aromatic carbocycles. The van der Waals surface area contributed by atoms with Gasteiger partial charge in [-0.05, 0) is 76.9 Å². The number of pyridine rings is 2. The molecule has 0 aliphatic heterocycles. The molecule has 0 aliphatic carbocycles. The van der Waals surface area contributed by atoms with Crippen molar-refractivity contribution in [1.82, 2.24) is 9.97 Å². The number of fused-ring (bicyclic) bond motifs is 9. The van der Waals surface area contributed by atoms with Crippen molar-refractivity contribution in [3.8, 4) is 44.8 Å². The van der Waals surface area contributed by atoms with E-state index < -0.39 is 0 Å². The van der Waals surface area contributed by atoms with Crippen LogP contribution in [0.25, 0.3) is 110 Å². The van der Waals surface area contributed by atoms with Gasteiger partial charge in [0, 0.05) is 43.4 Å². The predicted octanol–water partition coefficient (Wildman–Crippen LogP) is 13.2. The fraction of sp³-hybridized carbons (Fsp3) is 0. The molecule has 52 heavy (non-hydrogen) atoms. The standard InChI is InChI=1S/C48H28N2O2/c1-2-8-29(9-3-1)41-24-19-30-14-15-31-20-25-42(50-48(31)47(30)49-41)40-26-32(33-17-22-38-36-10-4-6-12-43(36)51-45(38)27-33)16-21-35(40)34-18-23-39-37-11-5-7-13-44(37)52-46(39)28-34/h1-28H. The molecule has 0 N–H and O–H groups in total. The van der Waals surface area contributed by atoms with Crippen molar-refractivity contribution in [2.24, 2.45) is 0 Å². The van der Waals surface area contributed by atoms with Gasteiger partial charge in [0.25, 0.3) is 0 Å². The van der Waals surface area contributed by atoms with Gasteiger partial charge >= 0.3 is 0 Å². The lowest BCUT2D eigenvalue weighted by molar-refractivity contribution is 0.668.